The predicted octanol–water partition coefficient (Wildman–Crippen LogP) is 1.69. The van der Waals surface area contributed by atoms with Gasteiger partial charge >= 0.3 is 5.97 Å². The standard InChI is InChI=1S/C12H13NO4/c1-8(14)9-4-2-3-5-10(9)13-11(15)6-7-12(16)17/h2-5H,6-7H2,1H3,(H,13,15)(H,16,17). The molecular weight excluding hydrogens is 222 g/mol. The predicted molar refractivity (Wildman–Crippen MR) is 61.9 cm³/mol. The second kappa shape index (κ2) is 5.79. The summed E-state index contributed by atoms with van der Waals surface area (Å²) in [6.45, 7) is 1.40. The molecule has 1 amide bonds. The molecule has 90 valence electrons. The molecule has 0 saturated heterocycles. The lowest BCUT2D eigenvalue weighted by Crippen LogP contribution is -2.15. The first-order valence-corrected chi connectivity index (χ1v) is 5.12. The van der Waals surface area contributed by atoms with Crippen LogP contribution in [0.2, 0.25) is 0 Å². The third-order valence-electron chi connectivity index (χ3n) is 2.15. The van der Waals surface area contributed by atoms with E-state index in [0.29, 0.717) is 11.3 Å². The van der Waals surface area contributed by atoms with Gasteiger partial charge in [0.25, 0.3) is 0 Å². The van der Waals surface area contributed by atoms with Crippen LogP contribution >= 0.6 is 0 Å². The smallest absolute Gasteiger partial charge is 0.303 e. The molecule has 0 aromatic heterocycles. The third-order valence-corrected chi connectivity index (χ3v) is 2.15. The number of rotatable bonds is 5. The Hall–Kier alpha value is -2.17. The molecule has 1 aromatic rings. The Morgan fingerprint density at radius 1 is 1.18 bits per heavy atom. The molecule has 0 aliphatic carbocycles. The van der Waals surface area contributed by atoms with Gasteiger partial charge < -0.3 is 10.4 Å². The average molecular weight is 235 g/mol. The van der Waals surface area contributed by atoms with Crippen LogP contribution in [0.5, 0.6) is 0 Å². The van der Waals surface area contributed by atoms with Crippen molar-refractivity contribution in [2.75, 3.05) is 5.32 Å². The molecule has 0 aliphatic heterocycles. The van der Waals surface area contributed by atoms with Crippen LogP contribution in [0, 0.1) is 0 Å². The molecular formula is C12H13NO4. The fourth-order valence-corrected chi connectivity index (χ4v) is 1.33. The molecule has 0 spiro atoms. The van der Waals surface area contributed by atoms with Crippen molar-refractivity contribution in [3.05, 3.63) is 29.8 Å². The fraction of sp³-hybridized carbons (Fsp3) is 0.250. The molecule has 5 heteroatoms. The van der Waals surface area contributed by atoms with E-state index in [-0.39, 0.29) is 18.6 Å². The van der Waals surface area contributed by atoms with Crippen molar-refractivity contribution in [2.45, 2.75) is 19.8 Å². The van der Waals surface area contributed by atoms with Gasteiger partial charge in [0, 0.05) is 12.0 Å². The Kier molecular flexibility index (Phi) is 4.39. The third kappa shape index (κ3) is 4.06. The van der Waals surface area contributed by atoms with Crippen LogP contribution in [-0.4, -0.2) is 22.8 Å². The number of aliphatic carboxylic acids is 1. The number of carbonyl (C=O) groups excluding carboxylic acids is 2. The number of carboxylic acids is 1. The summed E-state index contributed by atoms with van der Waals surface area (Å²) >= 11 is 0. The highest BCUT2D eigenvalue weighted by molar-refractivity contribution is 6.03. The summed E-state index contributed by atoms with van der Waals surface area (Å²) in [6.07, 6.45) is -0.338. The summed E-state index contributed by atoms with van der Waals surface area (Å²) in [5.41, 5.74) is 0.826. The SMILES string of the molecule is CC(=O)c1ccccc1NC(=O)CCC(=O)O. The lowest BCUT2D eigenvalue weighted by molar-refractivity contribution is -0.138. The molecule has 0 heterocycles. The minimum atomic E-state index is -1.03. The molecule has 0 bridgehead atoms. The highest BCUT2D eigenvalue weighted by Gasteiger charge is 2.10. The number of nitrogens with one attached hydrogen (secondary N) is 1. The van der Waals surface area contributed by atoms with E-state index in [1.807, 2.05) is 0 Å². The van der Waals surface area contributed by atoms with Gasteiger partial charge in [-0.15, -0.1) is 0 Å². The van der Waals surface area contributed by atoms with Gasteiger partial charge in [0.2, 0.25) is 5.91 Å². The summed E-state index contributed by atoms with van der Waals surface area (Å²) in [4.78, 5) is 33.0. The van der Waals surface area contributed by atoms with Crippen LogP contribution in [0.25, 0.3) is 0 Å². The Balaban J connectivity index is 2.71. The molecule has 5 nitrogen and oxygen atoms in total. The maximum Gasteiger partial charge on any atom is 0.303 e. The average Bonchev–Trinajstić information content (AvgIpc) is 2.27. The van der Waals surface area contributed by atoms with E-state index in [2.05, 4.69) is 5.32 Å². The van der Waals surface area contributed by atoms with E-state index in [1.165, 1.54) is 6.92 Å². The zero-order chi connectivity index (χ0) is 12.8. The minimum Gasteiger partial charge on any atom is -0.481 e. The first-order valence-electron chi connectivity index (χ1n) is 5.12. The van der Waals surface area contributed by atoms with Crippen molar-refractivity contribution < 1.29 is 19.5 Å². The van der Waals surface area contributed by atoms with E-state index in [0.717, 1.165) is 0 Å². The number of carboxylic acid groups (broad SMARTS) is 1. The molecule has 0 fully saturated rings. The molecule has 0 unspecified atom stereocenters. The highest BCUT2D eigenvalue weighted by Crippen LogP contribution is 2.15. The summed E-state index contributed by atoms with van der Waals surface area (Å²) < 4.78 is 0. The van der Waals surface area contributed by atoms with Crippen molar-refractivity contribution in [1.29, 1.82) is 0 Å². The molecule has 1 rings (SSSR count). The van der Waals surface area contributed by atoms with Crippen molar-refractivity contribution in [1.82, 2.24) is 0 Å². The van der Waals surface area contributed by atoms with Gasteiger partial charge in [0.15, 0.2) is 5.78 Å². The van der Waals surface area contributed by atoms with Crippen LogP contribution in [0.4, 0.5) is 5.69 Å². The van der Waals surface area contributed by atoms with Crippen LogP contribution in [-0.2, 0) is 9.59 Å². The van der Waals surface area contributed by atoms with Crippen molar-refractivity contribution in [2.24, 2.45) is 0 Å². The van der Waals surface area contributed by atoms with Gasteiger partial charge in [0.05, 0.1) is 12.1 Å². The maximum atomic E-state index is 11.4. The van der Waals surface area contributed by atoms with E-state index in [4.69, 9.17) is 5.11 Å². The van der Waals surface area contributed by atoms with Gasteiger partial charge in [-0.2, -0.15) is 0 Å². The lowest BCUT2D eigenvalue weighted by atomic mass is 10.1. The second-order valence-electron chi connectivity index (χ2n) is 3.54. The normalized spacial score (nSPS) is 9.71. The van der Waals surface area contributed by atoms with Gasteiger partial charge in [0.1, 0.15) is 0 Å². The largest absolute Gasteiger partial charge is 0.481 e. The van der Waals surface area contributed by atoms with Gasteiger partial charge in [-0.25, -0.2) is 0 Å². The number of hydrogen-bond acceptors (Lipinski definition) is 3. The van der Waals surface area contributed by atoms with E-state index in [1.54, 1.807) is 24.3 Å². The molecule has 0 aliphatic rings. The summed E-state index contributed by atoms with van der Waals surface area (Å²) in [5.74, 6) is -1.60. The number of carbonyl (C=O) groups is 3. The Bertz CT molecular complexity index is 454. The zero-order valence-corrected chi connectivity index (χ0v) is 9.40. The van der Waals surface area contributed by atoms with Crippen molar-refractivity contribution in [3.63, 3.8) is 0 Å². The first-order chi connectivity index (χ1) is 8.00. The number of ketones is 1. The lowest BCUT2D eigenvalue weighted by Gasteiger charge is -2.08. The molecule has 0 saturated carbocycles. The molecule has 2 N–H and O–H groups in total. The van der Waals surface area contributed by atoms with Gasteiger partial charge in [-0.05, 0) is 19.1 Å². The van der Waals surface area contributed by atoms with Crippen molar-refractivity contribution >= 4 is 23.3 Å². The number of amides is 1. The number of para-hydroxylation sites is 1. The minimum absolute atomic E-state index is 0.110. The topological polar surface area (TPSA) is 83.5 Å². The summed E-state index contributed by atoms with van der Waals surface area (Å²) in [7, 11) is 0. The Morgan fingerprint density at radius 3 is 2.41 bits per heavy atom. The molecule has 0 radical (unpaired) electrons. The van der Waals surface area contributed by atoms with E-state index in [9.17, 15) is 14.4 Å². The second-order valence-corrected chi connectivity index (χ2v) is 3.54. The Labute approximate surface area is 98.4 Å². The van der Waals surface area contributed by atoms with Crippen LogP contribution in [0.3, 0.4) is 0 Å². The number of Topliss-reactive ketones (excluding diaryl/α,β-unsaturated/α-hetero) is 1. The number of anilines is 1. The number of hydrogen-bond donors (Lipinski definition) is 2. The fourth-order valence-electron chi connectivity index (χ4n) is 1.33. The quantitative estimate of drug-likeness (QED) is 0.761. The van der Waals surface area contributed by atoms with Crippen LogP contribution < -0.4 is 5.32 Å². The molecule has 0 atom stereocenters. The summed E-state index contributed by atoms with van der Waals surface area (Å²) in [6, 6.07) is 6.60. The highest BCUT2D eigenvalue weighted by atomic mass is 16.4. The van der Waals surface area contributed by atoms with Gasteiger partial charge in [-0.3, -0.25) is 14.4 Å². The van der Waals surface area contributed by atoms with Crippen LogP contribution in [0.15, 0.2) is 24.3 Å². The van der Waals surface area contributed by atoms with E-state index < -0.39 is 11.9 Å². The Morgan fingerprint density at radius 2 is 1.82 bits per heavy atom. The van der Waals surface area contributed by atoms with Crippen molar-refractivity contribution in [3.8, 4) is 0 Å². The number of benzene rings is 1. The zero-order valence-electron chi connectivity index (χ0n) is 9.40. The van der Waals surface area contributed by atoms with Crippen LogP contribution in [0.1, 0.15) is 30.1 Å². The monoisotopic (exact) mass is 235 g/mol. The van der Waals surface area contributed by atoms with Gasteiger partial charge in [-0.1, -0.05) is 12.1 Å². The molecule has 1 aromatic carbocycles. The summed E-state index contributed by atoms with van der Waals surface area (Å²) in [5, 5.41) is 11.0. The first kappa shape index (κ1) is 12.9. The molecule has 17 heavy (non-hydrogen) atoms. The van der Waals surface area contributed by atoms with E-state index >= 15 is 0 Å². The maximum absolute atomic E-state index is 11.4.